The van der Waals surface area contributed by atoms with Crippen LogP contribution in [0.25, 0.3) is 11.3 Å². The first-order valence-electron chi connectivity index (χ1n) is 9.81. The van der Waals surface area contributed by atoms with Crippen molar-refractivity contribution in [3.8, 4) is 11.6 Å². The van der Waals surface area contributed by atoms with Gasteiger partial charge in [-0.3, -0.25) is 4.99 Å². The smallest absolute Gasteiger partial charge is 0.213 e. The molecular weight excluding hydrogens is 362 g/mol. The summed E-state index contributed by atoms with van der Waals surface area (Å²) in [6, 6.07) is 11.2. The van der Waals surface area contributed by atoms with Gasteiger partial charge in [0.15, 0.2) is 0 Å². The van der Waals surface area contributed by atoms with Gasteiger partial charge in [0.2, 0.25) is 5.88 Å². The van der Waals surface area contributed by atoms with Crippen LogP contribution in [0, 0.1) is 5.92 Å². The van der Waals surface area contributed by atoms with E-state index < -0.39 is 0 Å². The van der Waals surface area contributed by atoms with Crippen LogP contribution in [0.2, 0.25) is 0 Å². The first-order valence-corrected chi connectivity index (χ1v) is 9.81. The van der Waals surface area contributed by atoms with E-state index >= 15 is 0 Å². The van der Waals surface area contributed by atoms with E-state index in [1.165, 1.54) is 11.1 Å². The Morgan fingerprint density at radius 2 is 1.83 bits per heavy atom. The number of benzene rings is 1. The van der Waals surface area contributed by atoms with Gasteiger partial charge in [-0.15, -0.1) is 0 Å². The first-order chi connectivity index (χ1) is 14.1. The minimum Gasteiger partial charge on any atom is -0.508 e. The largest absolute Gasteiger partial charge is 0.508 e. The molecule has 29 heavy (non-hydrogen) atoms. The zero-order valence-corrected chi connectivity index (χ0v) is 16.7. The highest BCUT2D eigenvalue weighted by Crippen LogP contribution is 2.39. The number of hydrogen-bond donors (Lipinski definition) is 1. The highest BCUT2D eigenvalue weighted by atomic mass is 16.5. The lowest BCUT2D eigenvalue weighted by atomic mass is 9.88. The third-order valence-electron chi connectivity index (χ3n) is 5.06. The normalized spacial score (nSPS) is 17.6. The predicted molar refractivity (Wildman–Crippen MR) is 117 cm³/mol. The van der Waals surface area contributed by atoms with Gasteiger partial charge in [0.25, 0.3) is 0 Å². The number of hydrogen-bond acceptors (Lipinski definition) is 5. The van der Waals surface area contributed by atoms with E-state index in [4.69, 9.17) is 4.74 Å². The van der Waals surface area contributed by atoms with E-state index in [0.29, 0.717) is 12.5 Å². The van der Waals surface area contributed by atoms with Crippen molar-refractivity contribution in [3.05, 3.63) is 77.5 Å². The molecule has 148 valence electrons. The van der Waals surface area contributed by atoms with Crippen molar-refractivity contribution >= 4 is 17.5 Å². The third kappa shape index (κ3) is 4.46. The maximum atomic E-state index is 9.55. The van der Waals surface area contributed by atoms with Crippen molar-refractivity contribution in [2.75, 3.05) is 27.2 Å². The number of nitrogens with zero attached hydrogens (tertiary/aromatic N) is 3. The number of pyridine rings is 1. The zero-order chi connectivity index (χ0) is 20.2. The molecule has 5 heteroatoms. The summed E-state index contributed by atoms with van der Waals surface area (Å²) in [7, 11) is 4.11. The van der Waals surface area contributed by atoms with Gasteiger partial charge in [-0.2, -0.15) is 0 Å². The van der Waals surface area contributed by atoms with Crippen LogP contribution in [-0.4, -0.2) is 48.5 Å². The number of aromatic nitrogens is 1. The van der Waals surface area contributed by atoms with E-state index in [2.05, 4.69) is 47.2 Å². The summed E-state index contributed by atoms with van der Waals surface area (Å²) in [5.74, 6) is 1.07. The van der Waals surface area contributed by atoms with Crippen molar-refractivity contribution in [2.45, 2.75) is 6.42 Å². The molecule has 1 aromatic heterocycles. The average molecular weight is 387 g/mol. The standard InChI is InChI=1S/C24H25N3O2/c1-27(2)12-3-13-29-24-11-7-19(16-26-24)23-14-22-18(15-25-23)6-10-21(22)17-4-8-20(28)9-5-17/h4-11,14-16,22,28H,3,12-13H2,1-2H3. The second-order valence-electron chi connectivity index (χ2n) is 7.51. The van der Waals surface area contributed by atoms with Crippen LogP contribution in [-0.2, 0) is 0 Å². The number of ether oxygens (including phenoxy) is 1. The lowest BCUT2D eigenvalue weighted by molar-refractivity contribution is 0.273. The molecule has 0 amide bonds. The molecule has 1 aromatic carbocycles. The van der Waals surface area contributed by atoms with Crippen molar-refractivity contribution in [3.63, 3.8) is 0 Å². The maximum absolute atomic E-state index is 9.55. The summed E-state index contributed by atoms with van der Waals surface area (Å²) in [5.41, 5.74) is 5.36. The number of phenols is 1. The number of aromatic hydroxyl groups is 1. The number of phenolic OH excluding ortho intramolecular Hbond substituents is 1. The topological polar surface area (TPSA) is 58.0 Å². The lowest BCUT2D eigenvalue weighted by Gasteiger charge is -2.19. The molecule has 0 radical (unpaired) electrons. The SMILES string of the molecule is CN(C)CCCOc1ccc(C2=CC3C(=CC=C3c3ccc(O)cc3)C=N2)cn1. The minimum atomic E-state index is 0.161. The summed E-state index contributed by atoms with van der Waals surface area (Å²) >= 11 is 0. The van der Waals surface area contributed by atoms with Gasteiger partial charge in [0.05, 0.1) is 12.3 Å². The molecule has 1 N–H and O–H groups in total. The number of fused-ring (bicyclic) bond motifs is 1. The van der Waals surface area contributed by atoms with Crippen molar-refractivity contribution in [2.24, 2.45) is 10.9 Å². The van der Waals surface area contributed by atoms with Gasteiger partial charge in [-0.25, -0.2) is 4.98 Å². The van der Waals surface area contributed by atoms with Gasteiger partial charge >= 0.3 is 0 Å². The summed E-state index contributed by atoms with van der Waals surface area (Å²) in [5, 5.41) is 9.55. The molecule has 2 heterocycles. The van der Waals surface area contributed by atoms with Crippen LogP contribution in [0.1, 0.15) is 17.5 Å². The van der Waals surface area contributed by atoms with Crippen LogP contribution < -0.4 is 4.74 Å². The Hall–Kier alpha value is -3.18. The number of rotatable bonds is 7. The van der Waals surface area contributed by atoms with Crippen LogP contribution in [0.3, 0.4) is 0 Å². The number of aliphatic imine (C=N–C) groups is 1. The Bertz CT molecular complexity index is 984. The molecular formula is C24H25N3O2. The quantitative estimate of drug-likeness (QED) is 0.724. The molecule has 1 unspecified atom stereocenters. The van der Waals surface area contributed by atoms with Crippen LogP contribution in [0.15, 0.2) is 71.4 Å². The Kier molecular flexibility index (Phi) is 5.58. The lowest BCUT2D eigenvalue weighted by Crippen LogP contribution is -2.15. The molecule has 2 aliphatic rings. The molecule has 2 aromatic rings. The van der Waals surface area contributed by atoms with Crippen molar-refractivity contribution in [1.82, 2.24) is 9.88 Å². The fourth-order valence-corrected chi connectivity index (χ4v) is 3.50. The Morgan fingerprint density at radius 1 is 1.03 bits per heavy atom. The second-order valence-corrected chi connectivity index (χ2v) is 7.51. The third-order valence-corrected chi connectivity index (χ3v) is 5.06. The Morgan fingerprint density at radius 3 is 2.55 bits per heavy atom. The fraction of sp³-hybridized carbons (Fsp3) is 0.250. The summed E-state index contributed by atoms with van der Waals surface area (Å²) < 4.78 is 5.72. The molecule has 0 spiro atoms. The second kappa shape index (κ2) is 8.45. The highest BCUT2D eigenvalue weighted by molar-refractivity contribution is 5.97. The van der Waals surface area contributed by atoms with Crippen molar-refractivity contribution in [1.29, 1.82) is 0 Å². The number of allylic oxidation sites excluding steroid dienone is 5. The highest BCUT2D eigenvalue weighted by Gasteiger charge is 2.25. The molecule has 0 saturated heterocycles. The van der Waals surface area contributed by atoms with Gasteiger partial charge in [0, 0.05) is 36.5 Å². The van der Waals surface area contributed by atoms with E-state index in [1.54, 1.807) is 12.1 Å². The molecule has 0 fully saturated rings. The molecule has 5 nitrogen and oxygen atoms in total. The molecule has 1 aliphatic carbocycles. The predicted octanol–water partition coefficient (Wildman–Crippen LogP) is 4.18. The van der Waals surface area contributed by atoms with Gasteiger partial charge in [0.1, 0.15) is 5.75 Å². The molecule has 4 rings (SSSR count). The van der Waals surface area contributed by atoms with E-state index in [0.717, 1.165) is 29.8 Å². The summed E-state index contributed by atoms with van der Waals surface area (Å²) in [4.78, 5) is 11.2. The van der Waals surface area contributed by atoms with Gasteiger partial charge in [-0.1, -0.05) is 24.3 Å². The van der Waals surface area contributed by atoms with Crippen molar-refractivity contribution < 1.29 is 9.84 Å². The maximum Gasteiger partial charge on any atom is 0.213 e. The average Bonchev–Trinajstić information content (AvgIpc) is 3.15. The fourth-order valence-electron chi connectivity index (χ4n) is 3.50. The van der Waals surface area contributed by atoms with E-state index in [9.17, 15) is 5.11 Å². The van der Waals surface area contributed by atoms with E-state index in [-0.39, 0.29) is 11.7 Å². The van der Waals surface area contributed by atoms with Gasteiger partial charge < -0.3 is 14.7 Å². The summed E-state index contributed by atoms with van der Waals surface area (Å²) in [6.07, 6.45) is 11.1. The van der Waals surface area contributed by atoms with Crippen LogP contribution in [0.4, 0.5) is 0 Å². The molecule has 0 saturated carbocycles. The van der Waals surface area contributed by atoms with E-state index in [1.807, 2.05) is 36.7 Å². The molecule has 1 atom stereocenters. The Balaban J connectivity index is 1.46. The Labute approximate surface area is 171 Å². The first kappa shape index (κ1) is 19.2. The zero-order valence-electron chi connectivity index (χ0n) is 16.7. The summed E-state index contributed by atoms with van der Waals surface area (Å²) in [6.45, 7) is 1.65. The molecule has 0 bridgehead atoms. The van der Waals surface area contributed by atoms with Crippen LogP contribution in [0.5, 0.6) is 11.6 Å². The monoisotopic (exact) mass is 387 g/mol. The van der Waals surface area contributed by atoms with Gasteiger partial charge in [-0.05, 0) is 61.5 Å². The molecule has 1 aliphatic heterocycles. The minimum absolute atomic E-state index is 0.161. The van der Waals surface area contributed by atoms with Crippen LogP contribution >= 0.6 is 0 Å².